The summed E-state index contributed by atoms with van der Waals surface area (Å²) in [7, 11) is 0. The van der Waals surface area contributed by atoms with Crippen LogP contribution >= 0.6 is 0 Å². The predicted molar refractivity (Wildman–Crippen MR) is 111 cm³/mol. The van der Waals surface area contributed by atoms with E-state index in [1.54, 1.807) is 13.1 Å². The van der Waals surface area contributed by atoms with Crippen LogP contribution in [0.1, 0.15) is 13.8 Å². The Morgan fingerprint density at radius 1 is 0.857 bits per heavy atom. The summed E-state index contributed by atoms with van der Waals surface area (Å²) in [5, 5.41) is 7.57. The lowest BCUT2D eigenvalue weighted by Crippen LogP contribution is -2.21. The topological polar surface area (TPSA) is 95.8 Å². The Morgan fingerprint density at radius 3 is 2.04 bits per heavy atom. The Bertz CT molecular complexity index is 753. The van der Waals surface area contributed by atoms with Crippen LogP contribution in [0.25, 0.3) is 0 Å². The minimum atomic E-state index is -0.0971. The van der Waals surface area contributed by atoms with Gasteiger partial charge in [-0.05, 0) is 56.3 Å². The molecule has 0 fully saturated rings. The SMILES string of the molecule is CC(COc1ccc(Oc2ccccc2)cc1)Oc1ccccn1.CCO.N. The van der Waals surface area contributed by atoms with Gasteiger partial charge in [0.05, 0.1) is 0 Å². The third-order valence-corrected chi connectivity index (χ3v) is 3.25. The van der Waals surface area contributed by atoms with Crippen LogP contribution in [0.3, 0.4) is 0 Å². The molecule has 6 heteroatoms. The van der Waals surface area contributed by atoms with Crippen molar-refractivity contribution in [3.8, 4) is 23.1 Å². The van der Waals surface area contributed by atoms with E-state index in [1.165, 1.54) is 0 Å². The van der Waals surface area contributed by atoms with Crippen molar-refractivity contribution in [3.05, 3.63) is 79.0 Å². The largest absolute Gasteiger partial charge is 0.490 e. The van der Waals surface area contributed by atoms with E-state index >= 15 is 0 Å². The molecule has 0 aliphatic carbocycles. The zero-order valence-corrected chi connectivity index (χ0v) is 16.3. The molecule has 0 saturated heterocycles. The highest BCUT2D eigenvalue weighted by atomic mass is 16.5. The van der Waals surface area contributed by atoms with Gasteiger partial charge < -0.3 is 25.5 Å². The Labute approximate surface area is 166 Å². The second-order valence-corrected chi connectivity index (χ2v) is 5.61. The number of benzene rings is 2. The van der Waals surface area contributed by atoms with E-state index in [1.807, 2.05) is 79.7 Å². The number of para-hydroxylation sites is 1. The quantitative estimate of drug-likeness (QED) is 0.603. The molecule has 4 N–H and O–H groups in total. The van der Waals surface area contributed by atoms with Crippen LogP contribution in [0, 0.1) is 0 Å². The maximum absolute atomic E-state index is 7.57. The maximum Gasteiger partial charge on any atom is 0.213 e. The minimum absolute atomic E-state index is 0. The van der Waals surface area contributed by atoms with E-state index in [0.29, 0.717) is 12.5 Å². The summed E-state index contributed by atoms with van der Waals surface area (Å²) < 4.78 is 17.2. The first kappa shape index (κ1) is 23.0. The lowest BCUT2D eigenvalue weighted by molar-refractivity contribution is 0.138. The van der Waals surface area contributed by atoms with E-state index in [-0.39, 0.29) is 18.9 Å². The Morgan fingerprint density at radius 2 is 1.43 bits per heavy atom. The third kappa shape index (κ3) is 8.53. The summed E-state index contributed by atoms with van der Waals surface area (Å²) in [5.74, 6) is 2.95. The molecule has 1 atom stereocenters. The fourth-order valence-corrected chi connectivity index (χ4v) is 2.10. The van der Waals surface area contributed by atoms with Gasteiger partial charge in [0, 0.05) is 18.9 Å². The van der Waals surface area contributed by atoms with Crippen LogP contribution in [-0.2, 0) is 0 Å². The van der Waals surface area contributed by atoms with Crippen molar-refractivity contribution in [1.82, 2.24) is 11.1 Å². The van der Waals surface area contributed by atoms with Crippen molar-refractivity contribution in [3.63, 3.8) is 0 Å². The summed E-state index contributed by atoms with van der Waals surface area (Å²) in [6.07, 6.45) is 1.61. The molecule has 1 heterocycles. The smallest absolute Gasteiger partial charge is 0.213 e. The van der Waals surface area contributed by atoms with Gasteiger partial charge in [-0.25, -0.2) is 4.98 Å². The number of aromatic nitrogens is 1. The molecule has 0 aliphatic heterocycles. The molecule has 3 aromatic rings. The number of ether oxygens (including phenoxy) is 3. The first-order valence-corrected chi connectivity index (χ1v) is 8.85. The van der Waals surface area contributed by atoms with E-state index in [2.05, 4.69) is 4.98 Å². The van der Waals surface area contributed by atoms with Gasteiger partial charge in [0.1, 0.15) is 30.0 Å². The summed E-state index contributed by atoms with van der Waals surface area (Å²) in [6.45, 7) is 4.32. The molecule has 0 radical (unpaired) electrons. The summed E-state index contributed by atoms with van der Waals surface area (Å²) in [5.41, 5.74) is 0. The lowest BCUT2D eigenvalue weighted by atomic mass is 10.3. The molecular weight excluding hydrogens is 356 g/mol. The van der Waals surface area contributed by atoms with Gasteiger partial charge in [0.15, 0.2) is 0 Å². The van der Waals surface area contributed by atoms with Gasteiger partial charge in [0.25, 0.3) is 0 Å². The molecule has 0 saturated carbocycles. The molecule has 0 bridgehead atoms. The number of aliphatic hydroxyl groups is 1. The van der Waals surface area contributed by atoms with E-state index < -0.39 is 0 Å². The van der Waals surface area contributed by atoms with Crippen molar-refractivity contribution >= 4 is 0 Å². The average Bonchev–Trinajstić information content (AvgIpc) is 2.70. The number of rotatable bonds is 7. The van der Waals surface area contributed by atoms with Crippen molar-refractivity contribution in [2.24, 2.45) is 0 Å². The average molecular weight is 384 g/mol. The number of aliphatic hydroxyl groups excluding tert-OH is 1. The normalized spacial score (nSPS) is 10.5. The predicted octanol–water partition coefficient (Wildman–Crippen LogP) is 4.88. The van der Waals surface area contributed by atoms with Crippen LogP contribution in [0.4, 0.5) is 0 Å². The summed E-state index contributed by atoms with van der Waals surface area (Å²) in [6, 6.07) is 22.8. The van der Waals surface area contributed by atoms with Crippen LogP contribution in [0.15, 0.2) is 79.0 Å². The molecule has 1 aromatic heterocycles. The van der Waals surface area contributed by atoms with Crippen LogP contribution in [0.5, 0.6) is 23.1 Å². The number of pyridine rings is 1. The lowest BCUT2D eigenvalue weighted by Gasteiger charge is -2.15. The highest BCUT2D eigenvalue weighted by Gasteiger charge is 2.06. The van der Waals surface area contributed by atoms with Crippen molar-refractivity contribution in [2.45, 2.75) is 20.0 Å². The van der Waals surface area contributed by atoms with E-state index in [9.17, 15) is 0 Å². The fourth-order valence-electron chi connectivity index (χ4n) is 2.10. The van der Waals surface area contributed by atoms with Gasteiger partial charge in [-0.3, -0.25) is 0 Å². The molecule has 150 valence electrons. The molecule has 3 rings (SSSR count). The van der Waals surface area contributed by atoms with Gasteiger partial charge in [0.2, 0.25) is 5.88 Å². The number of nitrogens with zero attached hydrogens (tertiary/aromatic N) is 1. The summed E-state index contributed by atoms with van der Waals surface area (Å²) >= 11 is 0. The summed E-state index contributed by atoms with van der Waals surface area (Å²) in [4.78, 5) is 4.13. The maximum atomic E-state index is 7.57. The van der Waals surface area contributed by atoms with E-state index in [0.717, 1.165) is 17.2 Å². The Balaban J connectivity index is 0.000000921. The Kier molecular flexibility index (Phi) is 10.8. The molecule has 1 unspecified atom stereocenters. The zero-order valence-electron chi connectivity index (χ0n) is 16.3. The molecular formula is C22H28N2O4. The highest BCUT2D eigenvalue weighted by molar-refractivity contribution is 5.35. The van der Waals surface area contributed by atoms with Crippen LogP contribution in [-0.4, -0.2) is 29.4 Å². The number of hydrogen-bond donors (Lipinski definition) is 2. The van der Waals surface area contributed by atoms with Crippen LogP contribution < -0.4 is 20.4 Å². The molecule has 0 amide bonds. The Hall–Kier alpha value is -3.09. The van der Waals surface area contributed by atoms with Crippen molar-refractivity contribution in [1.29, 1.82) is 0 Å². The van der Waals surface area contributed by atoms with Crippen molar-refractivity contribution in [2.75, 3.05) is 13.2 Å². The fraction of sp³-hybridized carbons (Fsp3) is 0.227. The number of hydrogen-bond acceptors (Lipinski definition) is 6. The first-order chi connectivity index (χ1) is 13.2. The molecule has 28 heavy (non-hydrogen) atoms. The molecule has 0 spiro atoms. The monoisotopic (exact) mass is 384 g/mol. The second-order valence-electron chi connectivity index (χ2n) is 5.61. The molecule has 6 nitrogen and oxygen atoms in total. The van der Waals surface area contributed by atoms with Gasteiger partial charge >= 0.3 is 0 Å². The second kappa shape index (κ2) is 13.1. The van der Waals surface area contributed by atoms with Gasteiger partial charge in [-0.2, -0.15) is 0 Å². The first-order valence-electron chi connectivity index (χ1n) is 8.85. The van der Waals surface area contributed by atoms with Crippen molar-refractivity contribution < 1.29 is 19.3 Å². The van der Waals surface area contributed by atoms with Crippen LogP contribution in [0.2, 0.25) is 0 Å². The minimum Gasteiger partial charge on any atom is -0.490 e. The third-order valence-electron chi connectivity index (χ3n) is 3.25. The molecule has 2 aromatic carbocycles. The molecule has 0 aliphatic rings. The van der Waals surface area contributed by atoms with Gasteiger partial charge in [-0.15, -0.1) is 0 Å². The standard InChI is InChI=1S/C20H19NO3.C2H6O.H3N/c1-16(23-20-9-5-6-14-21-20)15-22-17-10-12-19(13-11-17)24-18-7-3-2-4-8-18;1-2-3;/h2-14,16H,15H2,1H3;3H,2H2,1H3;1H3. The zero-order chi connectivity index (χ0) is 19.3. The van der Waals surface area contributed by atoms with E-state index in [4.69, 9.17) is 19.3 Å². The highest BCUT2D eigenvalue weighted by Crippen LogP contribution is 2.23. The van der Waals surface area contributed by atoms with Gasteiger partial charge in [-0.1, -0.05) is 24.3 Å².